The predicted molar refractivity (Wildman–Crippen MR) is 93.2 cm³/mol. The topological polar surface area (TPSA) is 46.6 Å². The van der Waals surface area contributed by atoms with Crippen LogP contribution >= 0.6 is 0 Å². The maximum Gasteiger partial charge on any atom is 0.328 e. The van der Waals surface area contributed by atoms with Crippen LogP contribution in [0.4, 0.5) is 0 Å². The first-order valence-electron chi connectivity index (χ1n) is 9.54. The van der Waals surface area contributed by atoms with Crippen molar-refractivity contribution in [3.63, 3.8) is 0 Å². The van der Waals surface area contributed by atoms with E-state index in [1.165, 1.54) is 45.6 Å². The van der Waals surface area contributed by atoms with E-state index in [4.69, 9.17) is 4.74 Å². The van der Waals surface area contributed by atoms with Crippen molar-refractivity contribution < 1.29 is 14.3 Å². The van der Waals surface area contributed by atoms with Gasteiger partial charge in [-0.15, -0.1) is 0 Å². The Morgan fingerprint density at radius 1 is 1.09 bits per heavy atom. The number of methoxy groups -OCH3 is 1. The summed E-state index contributed by atoms with van der Waals surface area (Å²) < 4.78 is 4.92. The molecule has 23 heavy (non-hydrogen) atoms. The van der Waals surface area contributed by atoms with Gasteiger partial charge in [0.25, 0.3) is 0 Å². The molecule has 0 aromatic heterocycles. The molecule has 1 heterocycles. The van der Waals surface area contributed by atoms with Crippen molar-refractivity contribution in [2.24, 2.45) is 0 Å². The van der Waals surface area contributed by atoms with E-state index in [2.05, 4.69) is 13.8 Å². The molecule has 1 fully saturated rings. The fourth-order valence-electron chi connectivity index (χ4n) is 3.56. The van der Waals surface area contributed by atoms with E-state index < -0.39 is 0 Å². The van der Waals surface area contributed by atoms with Crippen LogP contribution in [0.3, 0.4) is 0 Å². The SMILES string of the molecule is CCCCCCC(CCCCCC)N1C(=O)CCC1C(=O)OC. The molecule has 134 valence electrons. The summed E-state index contributed by atoms with van der Waals surface area (Å²) in [5, 5.41) is 0. The number of rotatable bonds is 12. The molecule has 0 aromatic rings. The Morgan fingerprint density at radius 3 is 2.13 bits per heavy atom. The number of likely N-dealkylation sites (tertiary alicyclic amines) is 1. The Labute approximate surface area is 141 Å². The highest BCUT2D eigenvalue weighted by molar-refractivity contribution is 5.88. The van der Waals surface area contributed by atoms with E-state index in [1.807, 2.05) is 4.90 Å². The number of nitrogens with zero attached hydrogens (tertiary/aromatic N) is 1. The summed E-state index contributed by atoms with van der Waals surface area (Å²) in [6.07, 6.45) is 12.8. The molecule has 0 saturated carbocycles. The molecule has 0 radical (unpaired) electrons. The van der Waals surface area contributed by atoms with E-state index in [9.17, 15) is 9.59 Å². The Hall–Kier alpha value is -1.06. The lowest BCUT2D eigenvalue weighted by Crippen LogP contribution is -2.46. The molecule has 1 rings (SSSR count). The largest absolute Gasteiger partial charge is 0.467 e. The molecule has 1 aliphatic heterocycles. The summed E-state index contributed by atoms with van der Waals surface area (Å²) in [4.78, 5) is 26.2. The first-order valence-corrected chi connectivity index (χ1v) is 9.54. The molecule has 0 aliphatic carbocycles. The lowest BCUT2D eigenvalue weighted by atomic mass is 9.98. The van der Waals surface area contributed by atoms with Crippen LogP contribution in [0.2, 0.25) is 0 Å². The Morgan fingerprint density at radius 2 is 1.65 bits per heavy atom. The summed E-state index contributed by atoms with van der Waals surface area (Å²) >= 11 is 0. The van der Waals surface area contributed by atoms with Crippen LogP contribution in [-0.4, -0.2) is 36.0 Å². The third kappa shape index (κ3) is 6.52. The van der Waals surface area contributed by atoms with Gasteiger partial charge in [-0.2, -0.15) is 0 Å². The normalized spacial score (nSPS) is 18.0. The van der Waals surface area contributed by atoms with E-state index in [-0.39, 0.29) is 24.0 Å². The van der Waals surface area contributed by atoms with E-state index in [0.717, 1.165) is 25.7 Å². The summed E-state index contributed by atoms with van der Waals surface area (Å²) in [5.74, 6) is -0.112. The van der Waals surface area contributed by atoms with Crippen molar-refractivity contribution in [1.29, 1.82) is 0 Å². The Kier molecular flexibility index (Phi) is 9.97. The Balaban J connectivity index is 2.65. The quantitative estimate of drug-likeness (QED) is 0.393. The summed E-state index contributed by atoms with van der Waals surface area (Å²) in [6, 6.07) is -0.141. The fraction of sp³-hybridized carbons (Fsp3) is 0.895. The van der Waals surface area contributed by atoms with Crippen LogP contribution in [0.5, 0.6) is 0 Å². The Bertz CT molecular complexity index is 345. The van der Waals surface area contributed by atoms with E-state index in [1.54, 1.807) is 0 Å². The maximum atomic E-state index is 12.3. The summed E-state index contributed by atoms with van der Waals surface area (Å²) in [7, 11) is 1.42. The van der Waals surface area contributed by atoms with Gasteiger partial charge >= 0.3 is 5.97 Å². The van der Waals surface area contributed by atoms with Crippen LogP contribution in [0, 0.1) is 0 Å². The molecule has 0 aromatic carbocycles. The average molecular weight is 325 g/mol. The van der Waals surface area contributed by atoms with Gasteiger partial charge in [-0.1, -0.05) is 65.2 Å². The lowest BCUT2D eigenvalue weighted by Gasteiger charge is -2.32. The average Bonchev–Trinajstić information content (AvgIpc) is 2.94. The van der Waals surface area contributed by atoms with Crippen LogP contribution in [0.1, 0.15) is 90.9 Å². The second-order valence-corrected chi connectivity index (χ2v) is 6.73. The third-order valence-corrected chi connectivity index (χ3v) is 4.90. The first-order chi connectivity index (χ1) is 11.2. The van der Waals surface area contributed by atoms with Crippen LogP contribution < -0.4 is 0 Å². The smallest absolute Gasteiger partial charge is 0.328 e. The van der Waals surface area contributed by atoms with Gasteiger partial charge < -0.3 is 9.64 Å². The number of hydrogen-bond acceptors (Lipinski definition) is 3. The van der Waals surface area contributed by atoms with E-state index in [0.29, 0.717) is 12.8 Å². The number of carbonyl (C=O) groups excluding carboxylic acids is 2. The molecule has 1 unspecified atom stereocenters. The molecule has 4 heteroatoms. The second kappa shape index (κ2) is 11.5. The van der Waals surface area contributed by atoms with Crippen molar-refractivity contribution in [2.75, 3.05) is 7.11 Å². The van der Waals surface area contributed by atoms with Crippen molar-refractivity contribution in [1.82, 2.24) is 4.90 Å². The molecule has 1 amide bonds. The molecule has 0 N–H and O–H groups in total. The van der Waals surface area contributed by atoms with Gasteiger partial charge in [0.1, 0.15) is 6.04 Å². The fourth-order valence-corrected chi connectivity index (χ4v) is 3.56. The minimum Gasteiger partial charge on any atom is -0.467 e. The van der Waals surface area contributed by atoms with Gasteiger partial charge in [0.15, 0.2) is 0 Å². The van der Waals surface area contributed by atoms with Crippen molar-refractivity contribution in [3.8, 4) is 0 Å². The molecule has 4 nitrogen and oxygen atoms in total. The van der Waals surface area contributed by atoms with Crippen molar-refractivity contribution >= 4 is 11.9 Å². The van der Waals surface area contributed by atoms with Crippen molar-refractivity contribution in [3.05, 3.63) is 0 Å². The zero-order valence-corrected chi connectivity index (χ0v) is 15.3. The monoisotopic (exact) mass is 325 g/mol. The summed E-state index contributed by atoms with van der Waals surface area (Å²) in [5.41, 5.74) is 0. The van der Waals surface area contributed by atoms with Gasteiger partial charge in [0, 0.05) is 12.5 Å². The highest BCUT2D eigenvalue weighted by Crippen LogP contribution is 2.28. The maximum absolute atomic E-state index is 12.3. The predicted octanol–water partition coefficient (Wildman–Crippen LogP) is 4.46. The van der Waals surface area contributed by atoms with E-state index >= 15 is 0 Å². The number of esters is 1. The molecular weight excluding hydrogens is 290 g/mol. The lowest BCUT2D eigenvalue weighted by molar-refractivity contribution is -0.151. The third-order valence-electron chi connectivity index (χ3n) is 4.90. The molecule has 1 saturated heterocycles. The zero-order chi connectivity index (χ0) is 17.1. The zero-order valence-electron chi connectivity index (χ0n) is 15.3. The number of hydrogen-bond donors (Lipinski definition) is 0. The second-order valence-electron chi connectivity index (χ2n) is 6.73. The highest BCUT2D eigenvalue weighted by Gasteiger charge is 2.40. The van der Waals surface area contributed by atoms with Gasteiger partial charge in [-0.3, -0.25) is 4.79 Å². The van der Waals surface area contributed by atoms with Crippen molar-refractivity contribution in [2.45, 2.75) is 103 Å². The molecule has 1 aliphatic rings. The standard InChI is InChI=1S/C19H35NO3/c1-4-6-8-10-12-16(13-11-9-7-5-2)20-17(19(22)23-3)14-15-18(20)21/h16-17H,4-15H2,1-3H3. The van der Waals surface area contributed by atoms with Gasteiger partial charge in [-0.25, -0.2) is 4.79 Å². The van der Waals surface area contributed by atoms with Crippen LogP contribution in [-0.2, 0) is 14.3 Å². The summed E-state index contributed by atoms with van der Waals surface area (Å²) in [6.45, 7) is 4.42. The van der Waals surface area contributed by atoms with Gasteiger partial charge in [-0.05, 0) is 19.3 Å². The van der Waals surface area contributed by atoms with Gasteiger partial charge in [0.2, 0.25) is 5.91 Å². The number of amides is 1. The van der Waals surface area contributed by atoms with Crippen LogP contribution in [0.25, 0.3) is 0 Å². The first kappa shape index (κ1) is 20.0. The molecule has 0 spiro atoms. The number of unbranched alkanes of at least 4 members (excludes halogenated alkanes) is 6. The molecular formula is C19H35NO3. The minimum atomic E-state index is -0.352. The number of ether oxygens (including phenoxy) is 1. The highest BCUT2D eigenvalue weighted by atomic mass is 16.5. The number of carbonyl (C=O) groups is 2. The van der Waals surface area contributed by atoms with Gasteiger partial charge in [0.05, 0.1) is 7.11 Å². The van der Waals surface area contributed by atoms with Crippen LogP contribution in [0.15, 0.2) is 0 Å². The molecule has 0 bridgehead atoms. The minimum absolute atomic E-state index is 0.136. The molecule has 1 atom stereocenters.